The molecule has 0 bridgehead atoms. The monoisotopic (exact) mass is 171 g/mol. The van der Waals surface area contributed by atoms with E-state index in [-0.39, 0.29) is 5.41 Å². The fourth-order valence-electron chi connectivity index (χ4n) is 1.27. The number of rotatable bonds is 4. The predicted octanol–water partition coefficient (Wildman–Crippen LogP) is 1.39. The molecule has 0 saturated heterocycles. The Labute approximate surface area is 75.4 Å². The summed E-state index contributed by atoms with van der Waals surface area (Å²) >= 11 is 0. The van der Waals surface area contributed by atoms with Gasteiger partial charge in [-0.2, -0.15) is 0 Å². The van der Waals surface area contributed by atoms with E-state index >= 15 is 0 Å². The second kappa shape index (κ2) is 3.35. The summed E-state index contributed by atoms with van der Waals surface area (Å²) in [7, 11) is 0. The average molecular weight is 171 g/mol. The normalized spacial score (nSPS) is 21.0. The van der Waals surface area contributed by atoms with Gasteiger partial charge in [0, 0.05) is 25.1 Å². The lowest BCUT2D eigenvalue weighted by Gasteiger charge is -2.21. The largest absolute Gasteiger partial charge is 0.396 e. The molecule has 1 aliphatic carbocycles. The van der Waals surface area contributed by atoms with Gasteiger partial charge < -0.3 is 10.4 Å². The number of nitrogens with one attached hydrogen (secondary N) is 1. The summed E-state index contributed by atoms with van der Waals surface area (Å²) in [4.78, 5) is 0. The van der Waals surface area contributed by atoms with E-state index in [2.05, 4.69) is 26.1 Å². The molecule has 72 valence electrons. The predicted molar refractivity (Wildman–Crippen MR) is 51.1 cm³/mol. The van der Waals surface area contributed by atoms with Crippen molar-refractivity contribution in [1.82, 2.24) is 5.32 Å². The van der Waals surface area contributed by atoms with E-state index in [1.54, 1.807) is 0 Å². The van der Waals surface area contributed by atoms with E-state index in [1.807, 2.05) is 0 Å². The Morgan fingerprint density at radius 1 is 1.33 bits per heavy atom. The van der Waals surface area contributed by atoms with Gasteiger partial charge in [0.2, 0.25) is 0 Å². The molecule has 0 heterocycles. The van der Waals surface area contributed by atoms with Crippen LogP contribution in [0.4, 0.5) is 0 Å². The van der Waals surface area contributed by atoms with Crippen molar-refractivity contribution < 1.29 is 5.11 Å². The zero-order valence-corrected chi connectivity index (χ0v) is 8.48. The van der Waals surface area contributed by atoms with Crippen molar-refractivity contribution in [3.63, 3.8) is 0 Å². The van der Waals surface area contributed by atoms with Crippen molar-refractivity contribution >= 4 is 0 Å². The van der Waals surface area contributed by atoms with Gasteiger partial charge in [-0.15, -0.1) is 0 Å². The molecule has 0 aromatic heterocycles. The summed E-state index contributed by atoms with van der Waals surface area (Å²) in [5.41, 5.74) is 0.608. The zero-order valence-electron chi connectivity index (χ0n) is 8.48. The van der Waals surface area contributed by atoms with Gasteiger partial charge in [0.1, 0.15) is 0 Å². The third-order valence-corrected chi connectivity index (χ3v) is 2.45. The van der Waals surface area contributed by atoms with Crippen LogP contribution in [0, 0.1) is 10.8 Å². The minimum Gasteiger partial charge on any atom is -0.396 e. The maximum absolute atomic E-state index is 9.05. The quantitative estimate of drug-likeness (QED) is 0.670. The van der Waals surface area contributed by atoms with Gasteiger partial charge in [-0.05, 0) is 18.3 Å². The molecule has 12 heavy (non-hydrogen) atoms. The fraction of sp³-hybridized carbons (Fsp3) is 1.00. The van der Waals surface area contributed by atoms with Crippen LogP contribution in [-0.4, -0.2) is 24.8 Å². The van der Waals surface area contributed by atoms with Crippen LogP contribution in [0.1, 0.15) is 33.6 Å². The molecule has 0 radical (unpaired) electrons. The molecule has 1 aliphatic rings. The molecule has 0 atom stereocenters. The third kappa shape index (κ3) is 3.11. The van der Waals surface area contributed by atoms with E-state index in [9.17, 15) is 0 Å². The van der Waals surface area contributed by atoms with Gasteiger partial charge in [0.15, 0.2) is 0 Å². The molecular weight excluding hydrogens is 150 g/mol. The minimum atomic E-state index is 0.255. The van der Waals surface area contributed by atoms with Gasteiger partial charge in [0.05, 0.1) is 0 Å². The first kappa shape index (κ1) is 10.0. The Morgan fingerprint density at radius 2 is 1.92 bits per heavy atom. The number of aliphatic hydroxyl groups is 1. The minimum absolute atomic E-state index is 0.255. The lowest BCUT2D eigenvalue weighted by molar-refractivity contribution is 0.203. The van der Waals surface area contributed by atoms with Crippen molar-refractivity contribution in [3.8, 4) is 0 Å². The highest BCUT2D eigenvalue weighted by atomic mass is 16.3. The van der Waals surface area contributed by atoms with Crippen molar-refractivity contribution in [1.29, 1.82) is 0 Å². The van der Waals surface area contributed by atoms with Crippen LogP contribution in [0.25, 0.3) is 0 Å². The molecule has 0 unspecified atom stereocenters. The fourth-order valence-corrected chi connectivity index (χ4v) is 1.27. The Hall–Kier alpha value is -0.0800. The molecule has 1 rings (SSSR count). The second-order valence-corrected chi connectivity index (χ2v) is 5.32. The summed E-state index contributed by atoms with van der Waals surface area (Å²) in [6.45, 7) is 9.04. The summed E-state index contributed by atoms with van der Waals surface area (Å²) in [5, 5.41) is 12.5. The van der Waals surface area contributed by atoms with Crippen LogP contribution < -0.4 is 5.32 Å². The van der Waals surface area contributed by atoms with Gasteiger partial charge in [-0.25, -0.2) is 0 Å². The maximum Gasteiger partial charge on any atom is 0.0499 e. The van der Waals surface area contributed by atoms with Gasteiger partial charge in [0.25, 0.3) is 0 Å². The molecule has 0 amide bonds. The van der Waals surface area contributed by atoms with Crippen molar-refractivity contribution in [2.75, 3.05) is 19.7 Å². The summed E-state index contributed by atoms with van der Waals surface area (Å²) in [6.07, 6.45) is 2.39. The first-order chi connectivity index (χ1) is 5.47. The molecule has 1 fully saturated rings. The topological polar surface area (TPSA) is 32.3 Å². The molecule has 0 spiro atoms. The highest BCUT2D eigenvalue weighted by molar-refractivity contribution is 4.94. The summed E-state index contributed by atoms with van der Waals surface area (Å²) in [6, 6.07) is 0. The summed E-state index contributed by atoms with van der Waals surface area (Å²) < 4.78 is 0. The van der Waals surface area contributed by atoms with E-state index in [0.29, 0.717) is 12.0 Å². The van der Waals surface area contributed by atoms with Gasteiger partial charge in [-0.1, -0.05) is 20.8 Å². The van der Waals surface area contributed by atoms with Crippen molar-refractivity contribution in [3.05, 3.63) is 0 Å². The van der Waals surface area contributed by atoms with E-state index in [0.717, 1.165) is 13.1 Å². The molecule has 2 N–H and O–H groups in total. The highest BCUT2D eigenvalue weighted by Crippen LogP contribution is 2.44. The molecule has 2 heteroatoms. The number of aliphatic hydroxyl groups excluding tert-OH is 1. The second-order valence-electron chi connectivity index (χ2n) is 5.32. The zero-order chi connectivity index (χ0) is 9.24. The molecule has 0 aromatic rings. The summed E-state index contributed by atoms with van der Waals surface area (Å²) in [5.74, 6) is 0. The van der Waals surface area contributed by atoms with Crippen molar-refractivity contribution in [2.24, 2.45) is 10.8 Å². The molecular formula is C10H21NO. The van der Waals surface area contributed by atoms with Crippen LogP contribution in [0.15, 0.2) is 0 Å². The SMILES string of the molecule is CC(C)(C)CNCC1(CO)CC1. The number of hydrogen-bond donors (Lipinski definition) is 2. The first-order valence-electron chi connectivity index (χ1n) is 4.79. The van der Waals surface area contributed by atoms with E-state index < -0.39 is 0 Å². The Morgan fingerprint density at radius 3 is 2.25 bits per heavy atom. The lowest BCUT2D eigenvalue weighted by atomic mass is 9.96. The number of hydrogen-bond acceptors (Lipinski definition) is 2. The molecule has 0 aliphatic heterocycles. The first-order valence-corrected chi connectivity index (χ1v) is 4.79. The lowest BCUT2D eigenvalue weighted by Crippen LogP contribution is -2.33. The van der Waals surface area contributed by atoms with Gasteiger partial charge >= 0.3 is 0 Å². The standard InChI is InChI=1S/C10H21NO/c1-9(2,3)6-11-7-10(8-12)4-5-10/h11-12H,4-8H2,1-3H3. The third-order valence-electron chi connectivity index (χ3n) is 2.45. The molecule has 0 aromatic carbocycles. The average Bonchev–Trinajstić information content (AvgIpc) is 2.67. The van der Waals surface area contributed by atoms with E-state index in [4.69, 9.17) is 5.11 Å². The van der Waals surface area contributed by atoms with Crippen LogP contribution in [-0.2, 0) is 0 Å². The Bertz CT molecular complexity index is 144. The Balaban J connectivity index is 2.10. The van der Waals surface area contributed by atoms with Crippen molar-refractivity contribution in [2.45, 2.75) is 33.6 Å². The van der Waals surface area contributed by atoms with E-state index in [1.165, 1.54) is 12.8 Å². The van der Waals surface area contributed by atoms with Crippen LogP contribution in [0.2, 0.25) is 0 Å². The van der Waals surface area contributed by atoms with Crippen LogP contribution in [0.5, 0.6) is 0 Å². The molecule has 2 nitrogen and oxygen atoms in total. The van der Waals surface area contributed by atoms with Gasteiger partial charge in [-0.3, -0.25) is 0 Å². The van der Waals surface area contributed by atoms with Crippen LogP contribution in [0.3, 0.4) is 0 Å². The maximum atomic E-state index is 9.05. The smallest absolute Gasteiger partial charge is 0.0499 e. The highest BCUT2D eigenvalue weighted by Gasteiger charge is 2.41. The van der Waals surface area contributed by atoms with Crippen LogP contribution >= 0.6 is 0 Å². The molecule has 1 saturated carbocycles. The Kier molecular flexibility index (Phi) is 2.79.